The normalized spacial score (nSPS) is 11.1. The van der Waals surface area contributed by atoms with E-state index in [4.69, 9.17) is 4.74 Å². The summed E-state index contributed by atoms with van der Waals surface area (Å²) in [7, 11) is 1.91. The van der Waals surface area contributed by atoms with E-state index < -0.39 is 0 Å². The molecule has 0 spiro atoms. The zero-order valence-corrected chi connectivity index (χ0v) is 12.0. The highest BCUT2D eigenvalue weighted by Gasteiger charge is 2.09. The summed E-state index contributed by atoms with van der Waals surface area (Å²) in [5.74, 6) is 0.649. The maximum absolute atomic E-state index is 12.7. The maximum Gasteiger partial charge on any atom is 0.200 e. The smallest absolute Gasteiger partial charge is 0.200 e. The first kappa shape index (κ1) is 13.6. The molecule has 0 fully saturated rings. The molecule has 108 valence electrons. The quantitative estimate of drug-likeness (QED) is 0.559. The molecule has 0 radical (unpaired) electrons. The Morgan fingerprint density at radius 2 is 1.90 bits per heavy atom. The number of rotatable bonds is 5. The van der Waals surface area contributed by atoms with Crippen LogP contribution in [0.15, 0.2) is 47.3 Å². The van der Waals surface area contributed by atoms with Gasteiger partial charge in [-0.05, 0) is 44.3 Å². The summed E-state index contributed by atoms with van der Waals surface area (Å²) in [6, 6.07) is 13.2. The summed E-state index contributed by atoms with van der Waals surface area (Å²) >= 11 is 0. The van der Waals surface area contributed by atoms with Crippen LogP contribution in [0, 0.1) is 0 Å². The van der Waals surface area contributed by atoms with Gasteiger partial charge in [0.05, 0.1) is 17.5 Å². The van der Waals surface area contributed by atoms with Gasteiger partial charge >= 0.3 is 0 Å². The van der Waals surface area contributed by atoms with Gasteiger partial charge in [0.1, 0.15) is 5.75 Å². The molecular weight excluding hydrogens is 264 g/mol. The highest BCUT2D eigenvalue weighted by atomic mass is 16.5. The number of aromatic nitrogens is 1. The second-order valence-corrected chi connectivity index (χ2v) is 4.98. The third kappa shape index (κ3) is 2.62. The average molecular weight is 282 g/mol. The van der Waals surface area contributed by atoms with E-state index in [1.165, 1.54) is 0 Å². The van der Waals surface area contributed by atoms with Crippen molar-refractivity contribution in [2.45, 2.75) is 6.42 Å². The molecule has 1 aromatic heterocycles. The van der Waals surface area contributed by atoms with Crippen molar-refractivity contribution in [2.24, 2.45) is 0 Å². The molecule has 0 atom stereocenters. The number of H-pyrrole nitrogens is 1. The SMILES string of the molecule is CNCCCOc1cccc2[nH]c3ccccc3c(=O)c12. The molecule has 4 nitrogen and oxygen atoms in total. The molecule has 2 aromatic carbocycles. The Morgan fingerprint density at radius 3 is 2.76 bits per heavy atom. The lowest BCUT2D eigenvalue weighted by Crippen LogP contribution is -2.12. The van der Waals surface area contributed by atoms with Gasteiger partial charge in [-0.1, -0.05) is 18.2 Å². The van der Waals surface area contributed by atoms with Gasteiger partial charge in [-0.3, -0.25) is 4.79 Å². The lowest BCUT2D eigenvalue weighted by molar-refractivity contribution is 0.313. The molecule has 4 heteroatoms. The van der Waals surface area contributed by atoms with Crippen LogP contribution in [0.3, 0.4) is 0 Å². The standard InChI is InChI=1S/C17H18N2O2/c1-18-10-5-11-21-15-9-4-8-14-16(15)17(20)12-6-2-3-7-13(12)19-14/h2-4,6-9,18H,5,10-11H2,1H3,(H,19,20). The van der Waals surface area contributed by atoms with Crippen LogP contribution in [0.5, 0.6) is 5.75 Å². The van der Waals surface area contributed by atoms with Gasteiger partial charge in [-0.15, -0.1) is 0 Å². The number of benzene rings is 2. The van der Waals surface area contributed by atoms with Crippen molar-refractivity contribution in [1.82, 2.24) is 10.3 Å². The minimum absolute atomic E-state index is 0.0172. The number of hydrogen-bond acceptors (Lipinski definition) is 3. The fourth-order valence-corrected chi connectivity index (χ4v) is 2.49. The second-order valence-electron chi connectivity index (χ2n) is 4.98. The Hall–Kier alpha value is -2.33. The molecule has 2 N–H and O–H groups in total. The predicted molar refractivity (Wildman–Crippen MR) is 86.1 cm³/mol. The fraction of sp³-hybridized carbons (Fsp3) is 0.235. The number of hydrogen-bond donors (Lipinski definition) is 2. The summed E-state index contributed by atoms with van der Waals surface area (Å²) in [5, 5.41) is 4.40. The topological polar surface area (TPSA) is 54.1 Å². The van der Waals surface area contributed by atoms with Gasteiger partial charge in [0, 0.05) is 10.9 Å². The molecule has 0 amide bonds. The van der Waals surface area contributed by atoms with Crippen LogP contribution < -0.4 is 15.5 Å². The van der Waals surface area contributed by atoms with E-state index in [0.29, 0.717) is 23.1 Å². The molecule has 0 aliphatic carbocycles. The Morgan fingerprint density at radius 1 is 1.10 bits per heavy atom. The largest absolute Gasteiger partial charge is 0.493 e. The molecule has 0 saturated carbocycles. The highest BCUT2D eigenvalue weighted by molar-refractivity contribution is 5.95. The van der Waals surface area contributed by atoms with Crippen molar-refractivity contribution in [3.63, 3.8) is 0 Å². The number of nitrogens with one attached hydrogen (secondary N) is 2. The van der Waals surface area contributed by atoms with E-state index in [2.05, 4.69) is 10.3 Å². The predicted octanol–water partition coefficient (Wildman–Crippen LogP) is 2.67. The van der Waals surface area contributed by atoms with Gasteiger partial charge < -0.3 is 15.0 Å². The monoisotopic (exact) mass is 282 g/mol. The zero-order chi connectivity index (χ0) is 14.7. The average Bonchev–Trinajstić information content (AvgIpc) is 2.52. The van der Waals surface area contributed by atoms with E-state index in [0.717, 1.165) is 24.0 Å². The van der Waals surface area contributed by atoms with Crippen LogP contribution in [0.4, 0.5) is 0 Å². The second kappa shape index (κ2) is 5.97. The summed E-state index contributed by atoms with van der Waals surface area (Å²) < 4.78 is 5.79. The highest BCUT2D eigenvalue weighted by Crippen LogP contribution is 2.23. The third-order valence-electron chi connectivity index (χ3n) is 3.52. The minimum Gasteiger partial charge on any atom is -0.493 e. The molecule has 0 saturated heterocycles. The number of fused-ring (bicyclic) bond motifs is 2. The molecule has 1 heterocycles. The first-order chi connectivity index (χ1) is 10.3. The van der Waals surface area contributed by atoms with Crippen molar-refractivity contribution in [2.75, 3.05) is 20.2 Å². The van der Waals surface area contributed by atoms with Crippen LogP contribution in [0.25, 0.3) is 21.8 Å². The van der Waals surface area contributed by atoms with Gasteiger partial charge in [-0.25, -0.2) is 0 Å². The van der Waals surface area contributed by atoms with Crippen LogP contribution >= 0.6 is 0 Å². The summed E-state index contributed by atoms with van der Waals surface area (Å²) in [5.41, 5.74) is 1.68. The fourth-order valence-electron chi connectivity index (χ4n) is 2.49. The Bertz CT molecular complexity index is 824. The Kier molecular flexibility index (Phi) is 3.88. The number of para-hydroxylation sites is 1. The molecule has 0 unspecified atom stereocenters. The van der Waals surface area contributed by atoms with E-state index in [1.807, 2.05) is 49.5 Å². The van der Waals surface area contributed by atoms with E-state index in [9.17, 15) is 4.79 Å². The molecule has 21 heavy (non-hydrogen) atoms. The van der Waals surface area contributed by atoms with Crippen molar-refractivity contribution < 1.29 is 4.74 Å². The van der Waals surface area contributed by atoms with Crippen molar-refractivity contribution >= 4 is 21.8 Å². The Balaban J connectivity index is 2.09. The number of pyridine rings is 1. The zero-order valence-electron chi connectivity index (χ0n) is 12.0. The van der Waals surface area contributed by atoms with Gasteiger partial charge in [0.25, 0.3) is 0 Å². The molecule has 3 aromatic rings. The lowest BCUT2D eigenvalue weighted by Gasteiger charge is -2.10. The first-order valence-corrected chi connectivity index (χ1v) is 7.12. The number of ether oxygens (including phenoxy) is 1. The van der Waals surface area contributed by atoms with E-state index >= 15 is 0 Å². The minimum atomic E-state index is 0.0172. The van der Waals surface area contributed by atoms with Crippen LogP contribution in [0.2, 0.25) is 0 Å². The lowest BCUT2D eigenvalue weighted by atomic mass is 10.1. The van der Waals surface area contributed by atoms with E-state index in [1.54, 1.807) is 0 Å². The van der Waals surface area contributed by atoms with Crippen molar-refractivity contribution in [3.8, 4) is 5.75 Å². The van der Waals surface area contributed by atoms with E-state index in [-0.39, 0.29) is 5.43 Å². The van der Waals surface area contributed by atoms with Gasteiger partial charge in [-0.2, -0.15) is 0 Å². The molecular formula is C17H18N2O2. The summed E-state index contributed by atoms with van der Waals surface area (Å²) in [6.45, 7) is 1.48. The van der Waals surface area contributed by atoms with Gasteiger partial charge in [0.15, 0.2) is 0 Å². The third-order valence-corrected chi connectivity index (χ3v) is 3.52. The first-order valence-electron chi connectivity index (χ1n) is 7.12. The molecule has 0 bridgehead atoms. The van der Waals surface area contributed by atoms with Crippen LogP contribution in [0.1, 0.15) is 6.42 Å². The Labute approximate surface area is 122 Å². The molecule has 3 rings (SSSR count). The maximum atomic E-state index is 12.7. The molecule has 0 aliphatic heterocycles. The summed E-state index contributed by atoms with van der Waals surface area (Å²) in [6.07, 6.45) is 0.901. The van der Waals surface area contributed by atoms with Crippen molar-refractivity contribution in [3.05, 3.63) is 52.7 Å². The molecule has 0 aliphatic rings. The van der Waals surface area contributed by atoms with Gasteiger partial charge in [0.2, 0.25) is 5.43 Å². The number of aromatic amines is 1. The summed E-state index contributed by atoms with van der Waals surface area (Å²) in [4.78, 5) is 16.0. The van der Waals surface area contributed by atoms with Crippen LogP contribution in [-0.2, 0) is 0 Å². The van der Waals surface area contributed by atoms with Crippen LogP contribution in [-0.4, -0.2) is 25.2 Å². The van der Waals surface area contributed by atoms with Crippen molar-refractivity contribution in [1.29, 1.82) is 0 Å².